The van der Waals surface area contributed by atoms with Gasteiger partial charge in [-0.15, -0.1) is 0 Å². The van der Waals surface area contributed by atoms with Crippen LogP contribution in [0.5, 0.6) is 0 Å². The van der Waals surface area contributed by atoms with Gasteiger partial charge in [0.15, 0.2) is 5.03 Å². The van der Waals surface area contributed by atoms with Crippen molar-refractivity contribution in [2.24, 2.45) is 5.92 Å². The van der Waals surface area contributed by atoms with E-state index < -0.39 is 10.0 Å². The van der Waals surface area contributed by atoms with Crippen molar-refractivity contribution in [1.82, 2.24) is 14.5 Å². The average molecular weight is 375 g/mol. The van der Waals surface area contributed by atoms with Crippen molar-refractivity contribution in [3.63, 3.8) is 0 Å². The fraction of sp³-hybridized carbons (Fsp3) is 0.556. The van der Waals surface area contributed by atoms with Gasteiger partial charge in [0, 0.05) is 38.4 Å². The number of nitrogens with one attached hydrogen (secondary N) is 1. The Balaban J connectivity index is 1.60. The molecule has 140 valence electrons. The summed E-state index contributed by atoms with van der Waals surface area (Å²) in [5.74, 6) is 1.49. The predicted molar refractivity (Wildman–Crippen MR) is 101 cm³/mol. The molecule has 1 saturated heterocycles. The molecule has 7 nitrogen and oxygen atoms in total. The maximum absolute atomic E-state index is 12.9. The molecular formula is C18H25N5O2S. The number of hydrogen-bond acceptors (Lipinski definition) is 5. The largest absolute Gasteiger partial charge is 0.370 e. The first-order valence-corrected chi connectivity index (χ1v) is 10.8. The van der Waals surface area contributed by atoms with Crippen LogP contribution in [0.25, 0.3) is 0 Å². The average Bonchev–Trinajstić information content (AvgIpc) is 3.11. The first kappa shape index (κ1) is 17.3. The number of anilines is 2. The van der Waals surface area contributed by atoms with Gasteiger partial charge in [0.1, 0.15) is 5.82 Å². The summed E-state index contributed by atoms with van der Waals surface area (Å²) in [6, 6.07) is 1.87. The second kappa shape index (κ2) is 6.90. The Morgan fingerprint density at radius 1 is 1.27 bits per heavy atom. The van der Waals surface area contributed by atoms with Crippen molar-refractivity contribution in [2.75, 3.05) is 22.7 Å². The zero-order valence-electron chi connectivity index (χ0n) is 15.1. The number of rotatable bonds is 7. The van der Waals surface area contributed by atoms with Crippen LogP contribution >= 0.6 is 0 Å². The highest BCUT2D eigenvalue weighted by Crippen LogP contribution is 2.32. The van der Waals surface area contributed by atoms with E-state index in [1.54, 1.807) is 18.6 Å². The Hall–Kier alpha value is -2.09. The lowest BCUT2D eigenvalue weighted by atomic mass is 10.3. The minimum Gasteiger partial charge on any atom is -0.370 e. The molecule has 2 aromatic rings. The van der Waals surface area contributed by atoms with Gasteiger partial charge in [0.05, 0.1) is 17.6 Å². The Morgan fingerprint density at radius 3 is 2.73 bits per heavy atom. The summed E-state index contributed by atoms with van der Waals surface area (Å²) in [5.41, 5.74) is 1.40. The van der Waals surface area contributed by atoms with Gasteiger partial charge in [-0.2, -0.15) is 8.42 Å². The smallest absolute Gasteiger partial charge is 0.281 e. The molecule has 0 aromatic carbocycles. The van der Waals surface area contributed by atoms with Crippen molar-refractivity contribution in [3.05, 3.63) is 30.5 Å². The number of nitrogens with zero attached hydrogens (tertiary/aromatic N) is 4. The molecule has 0 bridgehead atoms. The number of aryl methyl sites for hydroxylation is 1. The van der Waals surface area contributed by atoms with Gasteiger partial charge in [0.2, 0.25) is 0 Å². The van der Waals surface area contributed by atoms with E-state index in [1.165, 1.54) is 12.8 Å². The normalized spacial score (nSPS) is 17.7. The maximum atomic E-state index is 12.9. The van der Waals surface area contributed by atoms with E-state index in [4.69, 9.17) is 0 Å². The lowest BCUT2D eigenvalue weighted by Gasteiger charge is -2.21. The highest BCUT2D eigenvalue weighted by atomic mass is 32.2. The topological polar surface area (TPSA) is 80.1 Å². The quantitative estimate of drug-likeness (QED) is 0.805. The summed E-state index contributed by atoms with van der Waals surface area (Å²) in [6.45, 7) is 4.74. The number of hydrogen-bond donors (Lipinski definition) is 1. The number of aromatic nitrogens is 3. The molecule has 0 amide bonds. The number of pyridine rings is 1. The SMILES string of the molecule is CCc1nc(S(=O)(=O)Nc2cnccc2N2CCCC2)cn1CC1CC1. The van der Waals surface area contributed by atoms with Crippen LogP contribution in [0.3, 0.4) is 0 Å². The van der Waals surface area contributed by atoms with E-state index >= 15 is 0 Å². The molecule has 0 radical (unpaired) electrons. The van der Waals surface area contributed by atoms with Crippen LogP contribution in [-0.2, 0) is 23.0 Å². The Morgan fingerprint density at radius 2 is 2.04 bits per heavy atom. The summed E-state index contributed by atoms with van der Waals surface area (Å²) < 4.78 is 30.5. The van der Waals surface area contributed by atoms with Crippen LogP contribution in [0.4, 0.5) is 11.4 Å². The molecule has 2 aliphatic rings. The van der Waals surface area contributed by atoms with Crippen LogP contribution < -0.4 is 9.62 Å². The van der Waals surface area contributed by atoms with E-state index in [-0.39, 0.29) is 5.03 Å². The number of imidazole rings is 1. The minimum atomic E-state index is -3.74. The molecular weight excluding hydrogens is 350 g/mol. The van der Waals surface area contributed by atoms with E-state index in [2.05, 4.69) is 19.6 Å². The van der Waals surface area contributed by atoms with E-state index in [0.29, 0.717) is 18.0 Å². The van der Waals surface area contributed by atoms with Crippen molar-refractivity contribution in [1.29, 1.82) is 0 Å². The predicted octanol–water partition coefficient (Wildman–Crippen LogP) is 2.65. The van der Waals surface area contributed by atoms with Crippen LogP contribution in [0, 0.1) is 5.92 Å². The van der Waals surface area contributed by atoms with Gasteiger partial charge in [-0.05, 0) is 37.7 Å². The van der Waals surface area contributed by atoms with Crippen LogP contribution in [0.15, 0.2) is 29.7 Å². The lowest BCUT2D eigenvalue weighted by molar-refractivity contribution is 0.594. The highest BCUT2D eigenvalue weighted by Gasteiger charge is 2.26. The molecule has 2 fully saturated rings. The number of sulfonamides is 1. The first-order valence-electron chi connectivity index (χ1n) is 9.34. The van der Waals surface area contributed by atoms with E-state index in [9.17, 15) is 8.42 Å². The third-order valence-corrected chi connectivity index (χ3v) is 6.31. The molecule has 26 heavy (non-hydrogen) atoms. The molecule has 0 spiro atoms. The summed E-state index contributed by atoms with van der Waals surface area (Å²) in [5, 5.41) is 0.0891. The Kier molecular flexibility index (Phi) is 4.60. The van der Waals surface area contributed by atoms with Gasteiger partial charge < -0.3 is 9.47 Å². The summed E-state index contributed by atoms with van der Waals surface area (Å²) >= 11 is 0. The van der Waals surface area contributed by atoms with Gasteiger partial charge in [-0.25, -0.2) is 4.98 Å². The summed E-state index contributed by atoms with van der Waals surface area (Å²) in [7, 11) is -3.74. The molecule has 4 rings (SSSR count). The molecule has 1 saturated carbocycles. The zero-order chi connectivity index (χ0) is 18.1. The molecule has 0 unspecified atom stereocenters. The minimum absolute atomic E-state index is 0.0891. The van der Waals surface area contributed by atoms with Gasteiger partial charge in [0.25, 0.3) is 10.0 Å². The van der Waals surface area contributed by atoms with Crippen LogP contribution in [-0.4, -0.2) is 36.0 Å². The van der Waals surface area contributed by atoms with Crippen LogP contribution in [0.2, 0.25) is 0 Å². The Labute approximate surface area is 154 Å². The van der Waals surface area contributed by atoms with Crippen molar-refractivity contribution < 1.29 is 8.42 Å². The molecule has 1 aliphatic heterocycles. The van der Waals surface area contributed by atoms with Crippen molar-refractivity contribution in [2.45, 2.75) is 50.6 Å². The third kappa shape index (κ3) is 3.56. The van der Waals surface area contributed by atoms with E-state index in [0.717, 1.165) is 44.0 Å². The zero-order valence-corrected chi connectivity index (χ0v) is 15.9. The fourth-order valence-electron chi connectivity index (χ4n) is 3.47. The van der Waals surface area contributed by atoms with Gasteiger partial charge in [-0.3, -0.25) is 9.71 Å². The fourth-order valence-corrected chi connectivity index (χ4v) is 4.52. The standard InChI is InChI=1S/C18H25N5O2S/c1-2-17-20-18(13-23(17)12-14-5-6-14)26(24,25)21-15-11-19-8-7-16(15)22-9-3-4-10-22/h7-8,11,13-14,21H,2-6,9-10,12H2,1H3. The first-order chi connectivity index (χ1) is 12.6. The van der Waals surface area contributed by atoms with Crippen molar-refractivity contribution in [3.8, 4) is 0 Å². The molecule has 2 aromatic heterocycles. The summed E-state index contributed by atoms with van der Waals surface area (Å²) in [6.07, 6.45) is 10.4. The van der Waals surface area contributed by atoms with Crippen molar-refractivity contribution >= 4 is 21.4 Å². The summed E-state index contributed by atoms with van der Waals surface area (Å²) in [4.78, 5) is 10.7. The second-order valence-corrected chi connectivity index (χ2v) is 8.77. The van der Waals surface area contributed by atoms with Gasteiger partial charge >= 0.3 is 0 Å². The molecule has 8 heteroatoms. The second-order valence-electron chi connectivity index (χ2n) is 7.14. The van der Waals surface area contributed by atoms with Gasteiger partial charge in [-0.1, -0.05) is 6.92 Å². The molecule has 1 N–H and O–H groups in total. The molecule has 3 heterocycles. The Bertz CT molecular complexity index is 883. The maximum Gasteiger partial charge on any atom is 0.281 e. The highest BCUT2D eigenvalue weighted by molar-refractivity contribution is 7.92. The monoisotopic (exact) mass is 375 g/mol. The lowest BCUT2D eigenvalue weighted by Crippen LogP contribution is -2.21. The van der Waals surface area contributed by atoms with Crippen LogP contribution in [0.1, 0.15) is 38.4 Å². The molecule has 1 aliphatic carbocycles. The molecule has 0 atom stereocenters. The third-order valence-electron chi connectivity index (χ3n) is 5.07. The van der Waals surface area contributed by atoms with E-state index in [1.807, 2.05) is 17.6 Å².